The molecule has 0 unspecified atom stereocenters. The number of hydrogen-bond acceptors (Lipinski definition) is 5. The van der Waals surface area contributed by atoms with Gasteiger partial charge in [0, 0.05) is 12.0 Å². The van der Waals surface area contributed by atoms with Crippen LogP contribution in [0.5, 0.6) is 11.5 Å². The second kappa shape index (κ2) is 5.47. The van der Waals surface area contributed by atoms with Crippen molar-refractivity contribution in [2.45, 2.75) is 13.8 Å². The second-order valence-electron chi connectivity index (χ2n) is 4.72. The molecule has 1 aromatic carbocycles. The van der Waals surface area contributed by atoms with Gasteiger partial charge in [-0.05, 0) is 12.1 Å². The molecule has 0 aliphatic carbocycles. The molecule has 1 rings (SSSR count). The van der Waals surface area contributed by atoms with Gasteiger partial charge in [0.1, 0.15) is 22.9 Å². The maximum absolute atomic E-state index is 11.9. The van der Waals surface area contributed by atoms with E-state index in [1.54, 1.807) is 13.8 Å². The average molecular weight is 267 g/mol. The SMILES string of the molecule is CC(C)(CNC(=O)c1c(O)cccc1O)/C(N)=N/O. The minimum absolute atomic E-state index is 0.0331. The summed E-state index contributed by atoms with van der Waals surface area (Å²) in [5, 5.41) is 33.1. The number of nitrogens with zero attached hydrogens (tertiary/aromatic N) is 1. The van der Waals surface area contributed by atoms with E-state index >= 15 is 0 Å². The molecule has 0 fully saturated rings. The average Bonchev–Trinajstić information content (AvgIpc) is 2.35. The zero-order chi connectivity index (χ0) is 14.6. The molecule has 0 heterocycles. The van der Waals surface area contributed by atoms with Gasteiger partial charge in [0.2, 0.25) is 0 Å². The number of nitrogens with one attached hydrogen (secondary N) is 1. The Hall–Kier alpha value is -2.44. The van der Waals surface area contributed by atoms with E-state index in [0.29, 0.717) is 0 Å². The van der Waals surface area contributed by atoms with Crippen molar-refractivity contribution in [2.75, 3.05) is 6.54 Å². The van der Waals surface area contributed by atoms with Gasteiger partial charge in [0.05, 0.1) is 0 Å². The van der Waals surface area contributed by atoms with E-state index in [9.17, 15) is 15.0 Å². The fourth-order valence-corrected chi connectivity index (χ4v) is 1.38. The smallest absolute Gasteiger partial charge is 0.258 e. The van der Waals surface area contributed by atoms with Crippen molar-refractivity contribution in [2.24, 2.45) is 16.3 Å². The standard InChI is InChI=1S/C12H17N3O4/c1-12(2,11(13)15-19)6-14-10(18)9-7(16)4-3-5-8(9)17/h3-5,16-17,19H,6H2,1-2H3,(H2,13,15)(H,14,18). The van der Waals surface area contributed by atoms with Gasteiger partial charge in [-0.15, -0.1) is 0 Å². The molecule has 7 heteroatoms. The number of phenolic OH excluding ortho intramolecular Hbond substituents is 2. The van der Waals surface area contributed by atoms with Gasteiger partial charge in [-0.25, -0.2) is 0 Å². The molecule has 0 saturated heterocycles. The van der Waals surface area contributed by atoms with Crippen LogP contribution in [0, 0.1) is 5.41 Å². The molecule has 0 aliphatic rings. The summed E-state index contributed by atoms with van der Waals surface area (Å²) in [6.45, 7) is 3.43. The number of aromatic hydroxyl groups is 2. The Bertz CT molecular complexity index is 491. The molecule has 0 radical (unpaired) electrons. The Labute approximate surface area is 110 Å². The Morgan fingerprint density at radius 1 is 1.37 bits per heavy atom. The third kappa shape index (κ3) is 3.27. The highest BCUT2D eigenvalue weighted by Gasteiger charge is 2.25. The quantitative estimate of drug-likeness (QED) is 0.236. The number of nitrogens with two attached hydrogens (primary N) is 1. The first kappa shape index (κ1) is 14.6. The van der Waals surface area contributed by atoms with Crippen molar-refractivity contribution < 1.29 is 20.2 Å². The summed E-state index contributed by atoms with van der Waals surface area (Å²) in [4.78, 5) is 11.9. The summed E-state index contributed by atoms with van der Waals surface area (Å²) in [6, 6.07) is 4.01. The molecule has 0 bridgehead atoms. The number of amides is 1. The summed E-state index contributed by atoms with van der Waals surface area (Å²) < 4.78 is 0. The van der Waals surface area contributed by atoms with Crippen LogP contribution in [-0.2, 0) is 0 Å². The van der Waals surface area contributed by atoms with Crippen LogP contribution in [-0.4, -0.2) is 33.7 Å². The number of hydrogen-bond donors (Lipinski definition) is 5. The summed E-state index contributed by atoms with van der Waals surface area (Å²) in [5.74, 6) is -1.32. The molecular formula is C12H17N3O4. The van der Waals surface area contributed by atoms with Gasteiger partial charge >= 0.3 is 0 Å². The highest BCUT2D eigenvalue weighted by Crippen LogP contribution is 2.26. The van der Waals surface area contributed by atoms with E-state index in [1.807, 2.05) is 0 Å². The lowest BCUT2D eigenvalue weighted by molar-refractivity contribution is 0.0939. The summed E-state index contributed by atoms with van der Waals surface area (Å²) in [7, 11) is 0. The Kier molecular flexibility index (Phi) is 4.21. The molecule has 7 nitrogen and oxygen atoms in total. The molecule has 0 aromatic heterocycles. The number of phenols is 2. The molecule has 1 amide bonds. The van der Waals surface area contributed by atoms with E-state index in [4.69, 9.17) is 10.9 Å². The van der Waals surface area contributed by atoms with Crippen molar-refractivity contribution in [1.82, 2.24) is 5.32 Å². The van der Waals surface area contributed by atoms with Crippen molar-refractivity contribution in [3.05, 3.63) is 23.8 Å². The number of amidine groups is 1. The molecule has 0 saturated carbocycles. The molecule has 0 atom stereocenters. The minimum Gasteiger partial charge on any atom is -0.507 e. The van der Waals surface area contributed by atoms with Crippen LogP contribution in [0.15, 0.2) is 23.4 Å². The maximum atomic E-state index is 11.9. The molecule has 104 valence electrons. The molecule has 1 aromatic rings. The molecule has 0 spiro atoms. The highest BCUT2D eigenvalue weighted by molar-refractivity contribution is 5.99. The highest BCUT2D eigenvalue weighted by atomic mass is 16.4. The van der Waals surface area contributed by atoms with E-state index < -0.39 is 11.3 Å². The number of carbonyl (C=O) groups is 1. The number of benzene rings is 1. The number of oxime groups is 1. The van der Waals surface area contributed by atoms with Crippen LogP contribution in [0.3, 0.4) is 0 Å². The molecule has 19 heavy (non-hydrogen) atoms. The summed E-state index contributed by atoms with van der Waals surface area (Å²) in [5.41, 5.74) is 4.52. The Balaban J connectivity index is 2.82. The molecule has 6 N–H and O–H groups in total. The third-order valence-electron chi connectivity index (χ3n) is 2.74. The van der Waals surface area contributed by atoms with Gasteiger partial charge in [0.15, 0.2) is 0 Å². The van der Waals surface area contributed by atoms with Crippen LogP contribution in [0.4, 0.5) is 0 Å². The zero-order valence-corrected chi connectivity index (χ0v) is 10.7. The van der Waals surface area contributed by atoms with Crippen LogP contribution >= 0.6 is 0 Å². The topological polar surface area (TPSA) is 128 Å². The Morgan fingerprint density at radius 3 is 2.37 bits per heavy atom. The number of rotatable bonds is 4. The first-order valence-corrected chi connectivity index (χ1v) is 5.56. The fraction of sp³-hybridized carbons (Fsp3) is 0.333. The van der Waals surface area contributed by atoms with Crippen molar-refractivity contribution >= 4 is 11.7 Å². The van der Waals surface area contributed by atoms with Gasteiger partial charge in [-0.1, -0.05) is 25.1 Å². The van der Waals surface area contributed by atoms with Crippen LogP contribution in [0.1, 0.15) is 24.2 Å². The lowest BCUT2D eigenvalue weighted by atomic mass is 9.92. The van der Waals surface area contributed by atoms with Crippen molar-refractivity contribution in [3.8, 4) is 11.5 Å². The van der Waals surface area contributed by atoms with Crippen LogP contribution in [0.2, 0.25) is 0 Å². The largest absolute Gasteiger partial charge is 0.507 e. The predicted molar refractivity (Wildman–Crippen MR) is 69.3 cm³/mol. The first-order valence-electron chi connectivity index (χ1n) is 5.56. The van der Waals surface area contributed by atoms with Crippen LogP contribution < -0.4 is 11.1 Å². The monoisotopic (exact) mass is 267 g/mol. The first-order chi connectivity index (χ1) is 8.79. The van der Waals surface area contributed by atoms with E-state index in [0.717, 1.165) is 0 Å². The predicted octanol–water partition coefficient (Wildman–Crippen LogP) is 0.600. The van der Waals surface area contributed by atoms with Gasteiger partial charge in [-0.2, -0.15) is 0 Å². The fourth-order valence-electron chi connectivity index (χ4n) is 1.38. The third-order valence-corrected chi connectivity index (χ3v) is 2.74. The molecular weight excluding hydrogens is 250 g/mol. The molecule has 0 aliphatic heterocycles. The van der Waals surface area contributed by atoms with E-state index in [1.165, 1.54) is 18.2 Å². The van der Waals surface area contributed by atoms with Gasteiger partial charge in [-0.3, -0.25) is 4.79 Å². The minimum atomic E-state index is -0.759. The zero-order valence-electron chi connectivity index (χ0n) is 10.7. The second-order valence-corrected chi connectivity index (χ2v) is 4.72. The van der Waals surface area contributed by atoms with E-state index in [2.05, 4.69) is 10.5 Å². The maximum Gasteiger partial charge on any atom is 0.258 e. The van der Waals surface area contributed by atoms with Crippen LogP contribution in [0.25, 0.3) is 0 Å². The lowest BCUT2D eigenvalue weighted by Gasteiger charge is -2.23. The van der Waals surface area contributed by atoms with Gasteiger partial charge in [0.25, 0.3) is 5.91 Å². The lowest BCUT2D eigenvalue weighted by Crippen LogP contribution is -2.42. The number of carbonyl (C=O) groups excluding carboxylic acids is 1. The normalized spacial score (nSPS) is 12.2. The summed E-state index contributed by atoms with van der Waals surface area (Å²) in [6.07, 6.45) is 0. The van der Waals surface area contributed by atoms with Crippen molar-refractivity contribution in [3.63, 3.8) is 0 Å². The Morgan fingerprint density at radius 2 is 1.89 bits per heavy atom. The van der Waals surface area contributed by atoms with E-state index in [-0.39, 0.29) is 29.4 Å². The van der Waals surface area contributed by atoms with Gasteiger partial charge < -0.3 is 26.5 Å². The van der Waals surface area contributed by atoms with Crippen molar-refractivity contribution in [1.29, 1.82) is 0 Å². The summed E-state index contributed by atoms with van der Waals surface area (Å²) >= 11 is 0.